The van der Waals surface area contributed by atoms with Crippen LogP contribution in [0.4, 0.5) is 5.69 Å². The summed E-state index contributed by atoms with van der Waals surface area (Å²) in [5.74, 6) is -1.91. The largest absolute Gasteiger partial charge is 0.465 e. The third kappa shape index (κ3) is 4.64. The molecule has 0 saturated heterocycles. The van der Waals surface area contributed by atoms with Gasteiger partial charge in [-0.15, -0.1) is 0 Å². The number of H-pyrrole nitrogens is 1. The number of aromatic amines is 1. The van der Waals surface area contributed by atoms with Crippen LogP contribution in [0, 0.1) is 0 Å². The van der Waals surface area contributed by atoms with Crippen molar-refractivity contribution in [2.75, 3.05) is 19.0 Å². The topological polar surface area (TPSA) is 127 Å². The fourth-order valence-electron chi connectivity index (χ4n) is 2.71. The maximum atomic E-state index is 12.1. The van der Waals surface area contributed by atoms with Gasteiger partial charge >= 0.3 is 11.9 Å². The Bertz CT molecular complexity index is 1140. The number of carbonyl (C=O) groups excluding carboxylic acids is 3. The van der Waals surface area contributed by atoms with Crippen molar-refractivity contribution in [2.24, 2.45) is 0 Å². The first-order chi connectivity index (χ1) is 14.0. The van der Waals surface area contributed by atoms with Crippen LogP contribution in [0.3, 0.4) is 0 Å². The molecule has 29 heavy (non-hydrogen) atoms. The fraction of sp³-hybridized carbons (Fsp3) is 0.150. The molecule has 3 aromatic rings. The molecule has 0 radical (unpaired) electrons. The van der Waals surface area contributed by atoms with E-state index in [9.17, 15) is 19.2 Å². The lowest BCUT2D eigenvalue weighted by molar-refractivity contribution is -0.146. The van der Waals surface area contributed by atoms with E-state index in [0.717, 1.165) is 0 Å². The van der Waals surface area contributed by atoms with Crippen LogP contribution in [-0.4, -0.2) is 41.8 Å². The zero-order valence-electron chi connectivity index (χ0n) is 15.4. The van der Waals surface area contributed by atoms with Crippen molar-refractivity contribution in [2.45, 2.75) is 6.42 Å². The zero-order chi connectivity index (χ0) is 20.8. The number of esters is 2. The highest BCUT2D eigenvalue weighted by Crippen LogP contribution is 2.16. The Kier molecular flexibility index (Phi) is 5.98. The van der Waals surface area contributed by atoms with E-state index in [0.29, 0.717) is 16.5 Å². The van der Waals surface area contributed by atoms with Crippen molar-refractivity contribution in [3.8, 4) is 0 Å². The molecule has 0 fully saturated rings. The molecule has 0 aliphatic carbocycles. The van der Waals surface area contributed by atoms with Gasteiger partial charge in [0.25, 0.3) is 11.5 Å². The Hall–Kier alpha value is -4.01. The summed E-state index contributed by atoms with van der Waals surface area (Å²) in [6.07, 6.45) is -0.219. The van der Waals surface area contributed by atoms with E-state index in [1.807, 2.05) is 0 Å². The lowest BCUT2D eigenvalue weighted by atomic mass is 10.1. The van der Waals surface area contributed by atoms with Gasteiger partial charge in [-0.1, -0.05) is 30.3 Å². The van der Waals surface area contributed by atoms with Gasteiger partial charge in [-0.05, 0) is 18.2 Å². The molecular weight excluding hydrogens is 378 g/mol. The van der Waals surface area contributed by atoms with Crippen molar-refractivity contribution in [1.82, 2.24) is 10.2 Å². The first-order valence-electron chi connectivity index (χ1n) is 8.58. The third-order valence-electron chi connectivity index (χ3n) is 4.06. The average molecular weight is 395 g/mol. The Labute approximate surface area is 164 Å². The third-order valence-corrected chi connectivity index (χ3v) is 4.06. The molecular formula is C20H17N3O6. The van der Waals surface area contributed by atoms with E-state index in [2.05, 4.69) is 20.3 Å². The molecule has 0 bridgehead atoms. The summed E-state index contributed by atoms with van der Waals surface area (Å²) in [4.78, 5) is 47.7. The van der Waals surface area contributed by atoms with Gasteiger partial charge in [-0.3, -0.25) is 14.4 Å². The minimum Gasteiger partial charge on any atom is -0.465 e. The van der Waals surface area contributed by atoms with E-state index in [1.165, 1.54) is 19.2 Å². The molecule has 1 heterocycles. The number of aromatic nitrogens is 2. The number of nitrogens with one attached hydrogen (secondary N) is 2. The highest BCUT2D eigenvalue weighted by atomic mass is 16.5. The minimum absolute atomic E-state index is 0.179. The quantitative estimate of drug-likeness (QED) is 0.605. The summed E-state index contributed by atoms with van der Waals surface area (Å²) in [6, 6.07) is 13.0. The molecule has 148 valence electrons. The van der Waals surface area contributed by atoms with Crippen molar-refractivity contribution < 1.29 is 23.9 Å². The second kappa shape index (κ2) is 8.79. The number of hydrogen-bond acceptors (Lipinski definition) is 7. The SMILES string of the molecule is COC(=O)c1ccccc1NC(=O)COC(=O)Cc1n[nH]c(=O)c2ccccc12. The Morgan fingerprint density at radius 2 is 1.72 bits per heavy atom. The first-order valence-corrected chi connectivity index (χ1v) is 8.58. The van der Waals surface area contributed by atoms with Gasteiger partial charge in [0, 0.05) is 5.39 Å². The van der Waals surface area contributed by atoms with Crippen LogP contribution in [0.15, 0.2) is 53.3 Å². The predicted octanol–water partition coefficient (Wildman–Crippen LogP) is 1.43. The summed E-state index contributed by atoms with van der Waals surface area (Å²) < 4.78 is 9.65. The van der Waals surface area contributed by atoms with E-state index in [4.69, 9.17) is 4.74 Å². The summed E-state index contributed by atoms with van der Waals surface area (Å²) in [7, 11) is 1.23. The van der Waals surface area contributed by atoms with E-state index < -0.39 is 24.5 Å². The minimum atomic E-state index is -0.689. The second-order valence-corrected chi connectivity index (χ2v) is 5.97. The van der Waals surface area contributed by atoms with Crippen molar-refractivity contribution in [3.63, 3.8) is 0 Å². The first kappa shape index (κ1) is 19.7. The normalized spacial score (nSPS) is 10.4. The smallest absolute Gasteiger partial charge is 0.339 e. The van der Waals surface area contributed by atoms with Gasteiger partial charge in [-0.2, -0.15) is 5.10 Å². The number of carbonyl (C=O) groups is 3. The lowest BCUT2D eigenvalue weighted by Crippen LogP contribution is -2.23. The molecule has 0 atom stereocenters. The number of benzene rings is 2. The molecule has 2 aromatic carbocycles. The summed E-state index contributed by atoms with van der Waals surface area (Å²) >= 11 is 0. The van der Waals surface area contributed by atoms with Crippen molar-refractivity contribution in [3.05, 3.63) is 70.1 Å². The highest BCUT2D eigenvalue weighted by molar-refractivity contribution is 6.01. The summed E-state index contributed by atoms with van der Waals surface area (Å²) in [5, 5.41) is 9.66. The number of amides is 1. The number of methoxy groups -OCH3 is 1. The Morgan fingerprint density at radius 3 is 2.48 bits per heavy atom. The van der Waals surface area contributed by atoms with Gasteiger partial charge < -0.3 is 14.8 Å². The molecule has 1 aromatic heterocycles. The van der Waals surface area contributed by atoms with Gasteiger partial charge in [0.1, 0.15) is 0 Å². The number of nitrogens with zero attached hydrogens (tertiary/aromatic N) is 1. The molecule has 0 aliphatic heterocycles. The van der Waals surface area contributed by atoms with E-state index >= 15 is 0 Å². The van der Waals surface area contributed by atoms with Crippen LogP contribution < -0.4 is 10.9 Å². The zero-order valence-corrected chi connectivity index (χ0v) is 15.4. The van der Waals surface area contributed by atoms with Crippen LogP contribution in [0.5, 0.6) is 0 Å². The summed E-state index contributed by atoms with van der Waals surface area (Å²) in [6.45, 7) is -0.546. The van der Waals surface area contributed by atoms with Crippen LogP contribution in [0.2, 0.25) is 0 Å². The van der Waals surface area contributed by atoms with Gasteiger partial charge in [0.2, 0.25) is 0 Å². The Morgan fingerprint density at radius 1 is 1.03 bits per heavy atom. The number of anilines is 1. The van der Waals surface area contributed by atoms with E-state index in [1.54, 1.807) is 36.4 Å². The van der Waals surface area contributed by atoms with Crippen LogP contribution >= 0.6 is 0 Å². The molecule has 0 aliphatic rings. The van der Waals surface area contributed by atoms with Gasteiger partial charge in [-0.25, -0.2) is 9.89 Å². The highest BCUT2D eigenvalue weighted by Gasteiger charge is 2.16. The standard InChI is InChI=1S/C20H17N3O6/c1-28-20(27)14-8-4-5-9-15(14)21-17(24)11-29-18(25)10-16-12-6-2-3-7-13(12)19(26)23-22-16/h2-9H,10-11H2,1H3,(H,21,24)(H,23,26). The molecule has 0 spiro atoms. The maximum absolute atomic E-state index is 12.1. The molecule has 2 N–H and O–H groups in total. The number of rotatable bonds is 6. The predicted molar refractivity (Wildman–Crippen MR) is 103 cm³/mol. The molecule has 9 nitrogen and oxygen atoms in total. The lowest BCUT2D eigenvalue weighted by Gasteiger charge is -2.10. The monoisotopic (exact) mass is 395 g/mol. The molecule has 9 heteroatoms. The van der Waals surface area contributed by atoms with Crippen molar-refractivity contribution >= 4 is 34.3 Å². The number of hydrogen-bond donors (Lipinski definition) is 2. The molecule has 3 rings (SSSR count). The Balaban J connectivity index is 1.62. The van der Waals surface area contributed by atoms with Crippen LogP contribution in [-0.2, 0) is 25.5 Å². The maximum Gasteiger partial charge on any atom is 0.339 e. The molecule has 1 amide bonds. The summed E-state index contributed by atoms with van der Waals surface area (Å²) in [5.41, 5.74) is 0.398. The second-order valence-electron chi connectivity index (χ2n) is 5.97. The van der Waals surface area contributed by atoms with E-state index in [-0.39, 0.29) is 23.2 Å². The number of fused-ring (bicyclic) bond motifs is 1. The number of ether oxygens (including phenoxy) is 2. The van der Waals surface area contributed by atoms with Crippen LogP contribution in [0.1, 0.15) is 16.1 Å². The van der Waals surface area contributed by atoms with Crippen molar-refractivity contribution in [1.29, 1.82) is 0 Å². The van der Waals surface area contributed by atoms with Gasteiger partial charge in [0.15, 0.2) is 6.61 Å². The molecule has 0 saturated carbocycles. The fourth-order valence-corrected chi connectivity index (χ4v) is 2.71. The number of para-hydroxylation sites is 1. The van der Waals surface area contributed by atoms with Gasteiger partial charge in [0.05, 0.1) is 35.9 Å². The average Bonchev–Trinajstić information content (AvgIpc) is 2.74. The van der Waals surface area contributed by atoms with Crippen LogP contribution in [0.25, 0.3) is 10.8 Å². The molecule has 0 unspecified atom stereocenters.